The molecule has 0 saturated carbocycles. The lowest BCUT2D eigenvalue weighted by Gasteiger charge is -2.22. The zero-order valence-electron chi connectivity index (χ0n) is 22.5. The molecule has 12 nitrogen and oxygen atoms in total. The van der Waals surface area contributed by atoms with E-state index < -0.39 is 51.0 Å². The molecular weight excluding hydrogens is 576 g/mol. The molecule has 1 unspecified atom stereocenters. The van der Waals surface area contributed by atoms with Crippen LogP contribution < -0.4 is 15.2 Å². The van der Waals surface area contributed by atoms with Crippen LogP contribution in [0.5, 0.6) is 28.9 Å². The fourth-order valence-corrected chi connectivity index (χ4v) is 5.37. The number of phenols is 1. The van der Waals surface area contributed by atoms with Crippen molar-refractivity contribution in [2.45, 2.75) is 23.9 Å². The summed E-state index contributed by atoms with van der Waals surface area (Å²) in [4.78, 5) is 21.0. The quantitative estimate of drug-likeness (QED) is 0.166. The largest absolute Gasteiger partial charge is 0.504 e. The van der Waals surface area contributed by atoms with Gasteiger partial charge in [0.15, 0.2) is 27.2 Å². The molecule has 1 atom stereocenters. The maximum absolute atomic E-state index is 15.5. The normalized spacial score (nSPS) is 15.0. The predicted molar refractivity (Wildman–Crippen MR) is 147 cm³/mol. The number of nitrogen functional groups attached to an aromatic ring is 1. The van der Waals surface area contributed by atoms with Gasteiger partial charge in [0.05, 0.1) is 24.0 Å². The molecule has 222 valence electrons. The van der Waals surface area contributed by atoms with Crippen LogP contribution >= 0.6 is 0 Å². The molecule has 0 saturated heterocycles. The van der Waals surface area contributed by atoms with Crippen molar-refractivity contribution in [3.05, 3.63) is 65.4 Å². The molecule has 1 aliphatic heterocycles. The van der Waals surface area contributed by atoms with Crippen LogP contribution in [0.2, 0.25) is 0 Å². The molecular formula is C27H27F2N5O7S. The standard InChI is InChI=1S/C27H27F2N5O7S/c1-34-10-9-32-26(34)17-13-16(42(37,38)11-3-4-22(36)39-2)6-8-20(17)40-24-18(28)14-33-27(23(24)29)41-21-12-15(25(30)31)5-7-19(21)35/h5-9,12-14,26,35H,3-4,10-11H2,1-2H3,(H3,30,31). The van der Waals surface area contributed by atoms with Crippen LogP contribution in [0.25, 0.3) is 0 Å². The van der Waals surface area contributed by atoms with Gasteiger partial charge in [-0.2, -0.15) is 4.39 Å². The van der Waals surface area contributed by atoms with Crippen LogP contribution in [0.15, 0.2) is 52.5 Å². The van der Waals surface area contributed by atoms with Crippen molar-refractivity contribution in [3.63, 3.8) is 0 Å². The molecule has 4 rings (SSSR count). The number of hydrogen-bond donors (Lipinski definition) is 3. The van der Waals surface area contributed by atoms with E-state index in [0.717, 1.165) is 0 Å². The van der Waals surface area contributed by atoms with Crippen LogP contribution in [-0.4, -0.2) is 67.9 Å². The third-order valence-corrected chi connectivity index (χ3v) is 8.06. The molecule has 0 aliphatic carbocycles. The Morgan fingerprint density at radius 3 is 2.62 bits per heavy atom. The number of phenolic OH excluding ortho intramolecular Hbond substituents is 1. The molecule has 42 heavy (non-hydrogen) atoms. The lowest BCUT2D eigenvalue weighted by molar-refractivity contribution is -0.140. The first kappa shape index (κ1) is 30.3. The van der Waals surface area contributed by atoms with Gasteiger partial charge in [-0.1, -0.05) is 0 Å². The van der Waals surface area contributed by atoms with Gasteiger partial charge >= 0.3 is 5.97 Å². The number of nitrogens with one attached hydrogen (secondary N) is 1. The number of aromatic nitrogens is 1. The van der Waals surface area contributed by atoms with Crippen molar-refractivity contribution in [2.24, 2.45) is 10.7 Å². The van der Waals surface area contributed by atoms with Crippen molar-refractivity contribution in [1.29, 1.82) is 5.41 Å². The second-order valence-electron chi connectivity index (χ2n) is 9.20. The zero-order chi connectivity index (χ0) is 30.6. The number of aliphatic imine (C=N–C) groups is 1. The van der Waals surface area contributed by atoms with Crippen LogP contribution in [-0.2, 0) is 19.4 Å². The minimum atomic E-state index is -3.85. The number of sulfone groups is 1. The van der Waals surface area contributed by atoms with Gasteiger partial charge in [-0.15, -0.1) is 0 Å². The van der Waals surface area contributed by atoms with Crippen LogP contribution in [0.3, 0.4) is 0 Å². The number of nitrogens with zero attached hydrogens (tertiary/aromatic N) is 3. The highest BCUT2D eigenvalue weighted by Crippen LogP contribution is 2.40. The first-order valence-corrected chi connectivity index (χ1v) is 14.1. The molecule has 2 heterocycles. The van der Waals surface area contributed by atoms with E-state index in [1.54, 1.807) is 18.2 Å². The lowest BCUT2D eigenvalue weighted by Crippen LogP contribution is -2.20. The fourth-order valence-electron chi connectivity index (χ4n) is 4.02. The SMILES string of the molecule is COC(=O)CCCS(=O)(=O)c1ccc(Oc2c(F)cnc(Oc3cc(C(=N)N)ccc3O)c2F)c(C2N=CCN2C)c1. The third-order valence-electron chi connectivity index (χ3n) is 6.26. The predicted octanol–water partition coefficient (Wildman–Crippen LogP) is 3.68. The number of rotatable bonds is 11. The molecule has 1 aliphatic rings. The van der Waals surface area contributed by atoms with Crippen LogP contribution in [0, 0.1) is 17.0 Å². The van der Waals surface area contributed by atoms with Crippen molar-refractivity contribution < 1.29 is 41.3 Å². The number of carbonyl (C=O) groups excluding carboxylic acids is 1. The van der Waals surface area contributed by atoms with E-state index >= 15 is 4.39 Å². The smallest absolute Gasteiger partial charge is 0.305 e. The number of benzene rings is 2. The maximum atomic E-state index is 15.5. The number of methoxy groups -OCH3 is 1. The van der Waals surface area contributed by atoms with Gasteiger partial charge < -0.3 is 25.1 Å². The molecule has 0 amide bonds. The maximum Gasteiger partial charge on any atom is 0.305 e. The lowest BCUT2D eigenvalue weighted by atomic mass is 10.1. The van der Waals surface area contributed by atoms with Gasteiger partial charge in [0, 0.05) is 30.3 Å². The molecule has 1 aromatic heterocycles. The average molecular weight is 604 g/mol. The molecule has 0 fully saturated rings. The molecule has 4 N–H and O–H groups in total. The first-order valence-electron chi connectivity index (χ1n) is 12.4. The monoisotopic (exact) mass is 603 g/mol. The highest BCUT2D eigenvalue weighted by Gasteiger charge is 2.28. The second kappa shape index (κ2) is 12.5. The highest BCUT2D eigenvalue weighted by atomic mass is 32.2. The summed E-state index contributed by atoms with van der Waals surface area (Å²) in [5, 5.41) is 17.7. The number of carbonyl (C=O) groups is 1. The number of esters is 1. The summed E-state index contributed by atoms with van der Waals surface area (Å²) >= 11 is 0. The van der Waals surface area contributed by atoms with E-state index in [2.05, 4.69) is 14.7 Å². The van der Waals surface area contributed by atoms with E-state index in [1.165, 1.54) is 43.5 Å². The summed E-state index contributed by atoms with van der Waals surface area (Å²) in [5.41, 5.74) is 5.85. The Morgan fingerprint density at radius 2 is 1.95 bits per heavy atom. The van der Waals surface area contributed by atoms with Crippen molar-refractivity contribution in [1.82, 2.24) is 9.88 Å². The number of aromatic hydroxyl groups is 1. The van der Waals surface area contributed by atoms with Crippen molar-refractivity contribution in [2.75, 3.05) is 26.5 Å². The van der Waals surface area contributed by atoms with E-state index in [9.17, 15) is 22.7 Å². The average Bonchev–Trinajstić information content (AvgIpc) is 3.38. The summed E-state index contributed by atoms with van der Waals surface area (Å²) in [6.07, 6.45) is 1.49. The molecule has 0 spiro atoms. The number of amidine groups is 1. The number of halogens is 2. The van der Waals surface area contributed by atoms with Crippen LogP contribution in [0.1, 0.15) is 30.1 Å². The molecule has 0 radical (unpaired) electrons. The number of nitrogens with two attached hydrogens (primary N) is 1. The number of hydrogen-bond acceptors (Lipinski definition) is 11. The van der Waals surface area contributed by atoms with E-state index in [-0.39, 0.29) is 52.0 Å². The Bertz CT molecular complexity index is 1670. The first-order chi connectivity index (χ1) is 19.9. The summed E-state index contributed by atoms with van der Waals surface area (Å²) in [5.74, 6) is -6.19. The summed E-state index contributed by atoms with van der Waals surface area (Å²) in [6, 6.07) is 7.50. The summed E-state index contributed by atoms with van der Waals surface area (Å²) in [7, 11) is -0.924. The van der Waals surface area contributed by atoms with E-state index in [0.29, 0.717) is 12.7 Å². The third kappa shape index (κ3) is 6.63. The van der Waals surface area contributed by atoms with E-state index in [1.807, 2.05) is 0 Å². The molecule has 15 heteroatoms. The minimum absolute atomic E-state index is 0.0329. The Balaban J connectivity index is 1.69. The Morgan fingerprint density at radius 1 is 1.19 bits per heavy atom. The van der Waals surface area contributed by atoms with Crippen molar-refractivity contribution in [3.8, 4) is 28.9 Å². The second-order valence-corrected chi connectivity index (χ2v) is 11.3. The molecule has 3 aromatic rings. The van der Waals surface area contributed by atoms with Crippen molar-refractivity contribution >= 4 is 27.9 Å². The Labute approximate surface area is 239 Å². The van der Waals surface area contributed by atoms with Crippen LogP contribution in [0.4, 0.5) is 8.78 Å². The molecule has 0 bridgehead atoms. The highest BCUT2D eigenvalue weighted by molar-refractivity contribution is 7.91. The summed E-state index contributed by atoms with van der Waals surface area (Å²) in [6.45, 7) is 0.430. The Hall–Kier alpha value is -4.63. The van der Waals surface area contributed by atoms with Gasteiger partial charge in [-0.3, -0.25) is 20.1 Å². The number of pyridine rings is 1. The topological polar surface area (TPSA) is 177 Å². The zero-order valence-corrected chi connectivity index (χ0v) is 23.3. The minimum Gasteiger partial charge on any atom is -0.504 e. The van der Waals surface area contributed by atoms with E-state index in [4.69, 9.17) is 20.6 Å². The van der Waals surface area contributed by atoms with Gasteiger partial charge in [0.2, 0.25) is 11.6 Å². The number of ether oxygens (including phenoxy) is 3. The Kier molecular flexibility index (Phi) is 9.02. The van der Waals surface area contributed by atoms with Gasteiger partial charge in [-0.25, -0.2) is 17.8 Å². The summed E-state index contributed by atoms with van der Waals surface area (Å²) < 4.78 is 71.9. The molecule has 2 aromatic carbocycles. The van der Waals surface area contributed by atoms with Gasteiger partial charge in [0.25, 0.3) is 5.88 Å². The fraction of sp³-hybridized carbons (Fsp3) is 0.259. The van der Waals surface area contributed by atoms with Gasteiger partial charge in [-0.05, 0) is 49.9 Å². The van der Waals surface area contributed by atoms with Gasteiger partial charge in [0.1, 0.15) is 17.8 Å².